The summed E-state index contributed by atoms with van der Waals surface area (Å²) in [7, 11) is 1.95. The highest BCUT2D eigenvalue weighted by Gasteiger charge is 2.23. The van der Waals surface area contributed by atoms with E-state index in [1.807, 2.05) is 7.05 Å². The number of likely N-dealkylation sites (N-methyl/N-ethyl adjacent to an activating group) is 1. The Morgan fingerprint density at radius 3 is 2.63 bits per heavy atom. The molecule has 2 aromatic rings. The second-order valence-electron chi connectivity index (χ2n) is 6.44. The SMILES string of the molecule is CN1CCC[C@H]1COC(=O)Nc1cc(F)c(F)cc1-c1ccc(F)c(Cl)c1. The fourth-order valence-electron chi connectivity index (χ4n) is 3.06. The molecule has 1 saturated heterocycles. The lowest BCUT2D eigenvalue weighted by Crippen LogP contribution is -2.31. The summed E-state index contributed by atoms with van der Waals surface area (Å²) in [5.74, 6) is -2.87. The molecule has 1 atom stereocenters. The van der Waals surface area contributed by atoms with E-state index in [1.165, 1.54) is 12.1 Å². The maximum atomic E-state index is 13.7. The van der Waals surface area contributed by atoms with Crippen LogP contribution < -0.4 is 5.32 Å². The van der Waals surface area contributed by atoms with Gasteiger partial charge >= 0.3 is 6.09 Å². The van der Waals surface area contributed by atoms with Crippen molar-refractivity contribution in [2.45, 2.75) is 18.9 Å². The van der Waals surface area contributed by atoms with Crippen LogP contribution in [0.2, 0.25) is 5.02 Å². The van der Waals surface area contributed by atoms with E-state index in [9.17, 15) is 18.0 Å². The molecule has 0 bridgehead atoms. The Hall–Kier alpha value is -2.25. The van der Waals surface area contributed by atoms with Gasteiger partial charge in [0.25, 0.3) is 0 Å². The zero-order valence-electron chi connectivity index (χ0n) is 14.6. The van der Waals surface area contributed by atoms with Gasteiger partial charge in [0.05, 0.1) is 10.7 Å². The van der Waals surface area contributed by atoms with Crippen LogP contribution in [0.15, 0.2) is 30.3 Å². The molecule has 0 radical (unpaired) electrons. The molecule has 0 aromatic heterocycles. The lowest BCUT2D eigenvalue weighted by Gasteiger charge is -2.19. The molecule has 2 aromatic carbocycles. The number of nitrogens with zero attached hydrogens (tertiary/aromatic N) is 1. The highest BCUT2D eigenvalue weighted by atomic mass is 35.5. The van der Waals surface area contributed by atoms with Crippen molar-refractivity contribution in [3.63, 3.8) is 0 Å². The fourth-order valence-corrected chi connectivity index (χ4v) is 3.24. The second kappa shape index (κ2) is 8.19. The number of rotatable bonds is 4. The fraction of sp³-hybridized carbons (Fsp3) is 0.316. The Morgan fingerprint density at radius 2 is 1.96 bits per heavy atom. The monoisotopic (exact) mass is 398 g/mol. The molecule has 4 nitrogen and oxygen atoms in total. The molecule has 3 rings (SSSR count). The van der Waals surface area contributed by atoms with Crippen molar-refractivity contribution < 1.29 is 22.7 Å². The first-order valence-corrected chi connectivity index (χ1v) is 8.81. The van der Waals surface area contributed by atoms with Crippen molar-refractivity contribution in [1.82, 2.24) is 4.90 Å². The number of likely N-dealkylation sites (tertiary alicyclic amines) is 1. The summed E-state index contributed by atoms with van der Waals surface area (Å²) >= 11 is 5.77. The van der Waals surface area contributed by atoms with Crippen LogP contribution in [0, 0.1) is 17.5 Å². The van der Waals surface area contributed by atoms with Gasteiger partial charge in [-0.15, -0.1) is 0 Å². The van der Waals surface area contributed by atoms with Gasteiger partial charge < -0.3 is 9.64 Å². The summed E-state index contributed by atoms with van der Waals surface area (Å²) in [5, 5.41) is 2.26. The third-order valence-corrected chi connectivity index (χ3v) is 4.90. The van der Waals surface area contributed by atoms with E-state index in [0.29, 0.717) is 5.56 Å². The summed E-state index contributed by atoms with van der Waals surface area (Å²) in [6.45, 7) is 1.14. The summed E-state index contributed by atoms with van der Waals surface area (Å²) < 4.78 is 46.0. The smallest absolute Gasteiger partial charge is 0.411 e. The van der Waals surface area contributed by atoms with Gasteiger partial charge in [-0.2, -0.15) is 0 Å². The minimum Gasteiger partial charge on any atom is -0.448 e. The van der Waals surface area contributed by atoms with Crippen LogP contribution in [-0.2, 0) is 4.74 Å². The predicted octanol–water partition coefficient (Wildman–Crippen LogP) is 5.07. The molecule has 27 heavy (non-hydrogen) atoms. The largest absolute Gasteiger partial charge is 0.448 e. The van der Waals surface area contributed by atoms with E-state index >= 15 is 0 Å². The first-order valence-electron chi connectivity index (χ1n) is 8.43. The number of anilines is 1. The number of nitrogens with one attached hydrogen (secondary N) is 1. The molecule has 1 aliphatic heterocycles. The zero-order chi connectivity index (χ0) is 19.6. The van der Waals surface area contributed by atoms with Crippen LogP contribution in [0.4, 0.5) is 23.7 Å². The Labute approximate surface area is 159 Å². The molecular formula is C19H18ClF3N2O2. The minimum atomic E-state index is -1.13. The van der Waals surface area contributed by atoms with Gasteiger partial charge in [-0.05, 0) is 50.2 Å². The van der Waals surface area contributed by atoms with Crippen LogP contribution in [-0.4, -0.2) is 37.2 Å². The van der Waals surface area contributed by atoms with Gasteiger partial charge in [0.2, 0.25) is 0 Å². The predicted molar refractivity (Wildman–Crippen MR) is 97.4 cm³/mol. The Bertz CT molecular complexity index is 863. The molecule has 144 valence electrons. The lowest BCUT2D eigenvalue weighted by molar-refractivity contribution is 0.127. The Balaban J connectivity index is 1.80. The van der Waals surface area contributed by atoms with Crippen molar-refractivity contribution >= 4 is 23.4 Å². The molecular weight excluding hydrogens is 381 g/mol. The molecule has 1 heterocycles. The van der Waals surface area contributed by atoms with Crippen molar-refractivity contribution in [1.29, 1.82) is 0 Å². The molecule has 1 amide bonds. The molecule has 8 heteroatoms. The van der Waals surface area contributed by atoms with Gasteiger partial charge in [0, 0.05) is 17.7 Å². The first-order chi connectivity index (χ1) is 12.8. The Morgan fingerprint density at radius 1 is 1.22 bits per heavy atom. The molecule has 1 aliphatic rings. The normalized spacial score (nSPS) is 17.1. The van der Waals surface area contributed by atoms with E-state index in [0.717, 1.165) is 37.6 Å². The van der Waals surface area contributed by atoms with Crippen molar-refractivity contribution in [3.8, 4) is 11.1 Å². The number of carbonyl (C=O) groups is 1. The summed E-state index contributed by atoms with van der Waals surface area (Å²) in [6.07, 6.45) is 1.18. The van der Waals surface area contributed by atoms with Crippen molar-refractivity contribution in [2.24, 2.45) is 0 Å². The standard InChI is InChI=1S/C19H18ClF3N2O2/c1-25-6-2-3-12(25)10-27-19(26)24-18-9-17(23)16(22)8-13(18)11-4-5-15(21)14(20)7-11/h4-5,7-9,12H,2-3,6,10H2,1H3,(H,24,26)/t12-/m0/s1. The van der Waals surface area contributed by atoms with Crippen LogP contribution in [0.1, 0.15) is 12.8 Å². The number of hydrogen-bond donors (Lipinski definition) is 1. The van der Waals surface area contributed by atoms with Crippen LogP contribution in [0.3, 0.4) is 0 Å². The van der Waals surface area contributed by atoms with Crippen LogP contribution in [0.5, 0.6) is 0 Å². The van der Waals surface area contributed by atoms with E-state index in [2.05, 4.69) is 10.2 Å². The summed E-state index contributed by atoms with van der Waals surface area (Å²) in [5.41, 5.74) is 0.484. The average Bonchev–Trinajstić information content (AvgIpc) is 3.03. The molecule has 0 aliphatic carbocycles. The molecule has 0 unspecified atom stereocenters. The number of ether oxygens (including phenoxy) is 1. The van der Waals surface area contributed by atoms with Crippen molar-refractivity contribution in [3.05, 3.63) is 52.8 Å². The van der Waals surface area contributed by atoms with Gasteiger partial charge in [-0.3, -0.25) is 5.32 Å². The number of carbonyl (C=O) groups excluding carboxylic acids is 1. The topological polar surface area (TPSA) is 41.6 Å². The third-order valence-electron chi connectivity index (χ3n) is 4.61. The number of benzene rings is 2. The van der Waals surface area contributed by atoms with Gasteiger partial charge in [-0.1, -0.05) is 17.7 Å². The van der Waals surface area contributed by atoms with Crippen LogP contribution in [0.25, 0.3) is 11.1 Å². The summed E-state index contributed by atoms with van der Waals surface area (Å²) in [4.78, 5) is 14.2. The van der Waals surface area contributed by atoms with Crippen LogP contribution >= 0.6 is 11.6 Å². The Kier molecular flexibility index (Phi) is 5.92. The third kappa shape index (κ3) is 4.54. The minimum absolute atomic E-state index is 0.00125. The molecule has 1 N–H and O–H groups in total. The van der Waals surface area contributed by atoms with E-state index in [-0.39, 0.29) is 28.9 Å². The van der Waals surface area contributed by atoms with Gasteiger partial charge in [0.1, 0.15) is 12.4 Å². The molecule has 0 spiro atoms. The zero-order valence-corrected chi connectivity index (χ0v) is 15.3. The lowest BCUT2D eigenvalue weighted by atomic mass is 10.0. The summed E-state index contributed by atoms with van der Waals surface area (Å²) in [6, 6.07) is 5.64. The maximum absolute atomic E-state index is 13.7. The van der Waals surface area contributed by atoms with Gasteiger partial charge in [0.15, 0.2) is 11.6 Å². The van der Waals surface area contributed by atoms with E-state index < -0.39 is 23.5 Å². The average molecular weight is 399 g/mol. The van der Waals surface area contributed by atoms with E-state index in [4.69, 9.17) is 16.3 Å². The highest BCUT2D eigenvalue weighted by molar-refractivity contribution is 6.31. The highest BCUT2D eigenvalue weighted by Crippen LogP contribution is 2.32. The number of halogens is 4. The molecule has 0 saturated carbocycles. The second-order valence-corrected chi connectivity index (χ2v) is 6.85. The first kappa shape index (κ1) is 19.5. The quantitative estimate of drug-likeness (QED) is 0.782. The maximum Gasteiger partial charge on any atom is 0.411 e. The number of amides is 1. The molecule has 1 fully saturated rings. The van der Waals surface area contributed by atoms with E-state index in [1.54, 1.807) is 0 Å². The number of hydrogen-bond acceptors (Lipinski definition) is 3. The van der Waals surface area contributed by atoms with Crippen molar-refractivity contribution in [2.75, 3.05) is 25.5 Å². The van der Waals surface area contributed by atoms with Gasteiger partial charge in [-0.25, -0.2) is 18.0 Å².